The van der Waals surface area contributed by atoms with Crippen molar-refractivity contribution in [2.75, 3.05) is 26.2 Å². The summed E-state index contributed by atoms with van der Waals surface area (Å²) in [6.45, 7) is 8.54. The molecule has 0 saturated carbocycles. The van der Waals surface area contributed by atoms with Gasteiger partial charge in [0.2, 0.25) is 0 Å². The van der Waals surface area contributed by atoms with Gasteiger partial charge in [0.15, 0.2) is 0 Å². The quantitative estimate of drug-likeness (QED) is 0.620. The van der Waals surface area contributed by atoms with E-state index in [4.69, 9.17) is 4.42 Å². The van der Waals surface area contributed by atoms with Crippen LogP contribution in [0.15, 0.2) is 34.5 Å². The zero-order valence-corrected chi connectivity index (χ0v) is 11.5. The smallest absolute Gasteiger partial charge is 0.122 e. The minimum Gasteiger partial charge on any atom is -0.468 e. The van der Waals surface area contributed by atoms with Gasteiger partial charge in [0, 0.05) is 13.1 Å². The number of rotatable bonds is 6. The third-order valence-electron chi connectivity index (χ3n) is 3.45. The molecular weight excluding hydrogens is 224 g/mol. The number of furan rings is 1. The van der Waals surface area contributed by atoms with Gasteiger partial charge in [-0.2, -0.15) is 0 Å². The summed E-state index contributed by atoms with van der Waals surface area (Å²) in [5.74, 6) is 1.08. The van der Waals surface area contributed by atoms with E-state index in [2.05, 4.69) is 36.2 Å². The Morgan fingerprint density at radius 2 is 2.22 bits per heavy atom. The first kappa shape index (κ1) is 13.4. The molecule has 2 rings (SSSR count). The second-order valence-corrected chi connectivity index (χ2v) is 5.21. The van der Waals surface area contributed by atoms with Gasteiger partial charge in [-0.1, -0.05) is 11.6 Å². The Morgan fingerprint density at radius 3 is 2.83 bits per heavy atom. The van der Waals surface area contributed by atoms with E-state index in [0.717, 1.165) is 18.8 Å². The van der Waals surface area contributed by atoms with Gasteiger partial charge in [-0.25, -0.2) is 0 Å². The van der Waals surface area contributed by atoms with Crippen molar-refractivity contribution < 1.29 is 4.42 Å². The molecule has 100 valence electrons. The first-order chi connectivity index (χ1) is 8.77. The van der Waals surface area contributed by atoms with Crippen LogP contribution in [0, 0.1) is 0 Å². The number of nitrogens with one attached hydrogen (secondary N) is 1. The van der Waals surface area contributed by atoms with E-state index in [-0.39, 0.29) is 0 Å². The van der Waals surface area contributed by atoms with E-state index in [1.165, 1.54) is 31.5 Å². The fraction of sp³-hybridized carbons (Fsp3) is 0.600. The van der Waals surface area contributed by atoms with Gasteiger partial charge in [-0.15, -0.1) is 0 Å². The molecule has 0 radical (unpaired) electrons. The predicted molar refractivity (Wildman–Crippen MR) is 74.6 cm³/mol. The minimum atomic E-state index is 0.382. The summed E-state index contributed by atoms with van der Waals surface area (Å²) in [7, 11) is 0. The van der Waals surface area contributed by atoms with Crippen LogP contribution in [0.5, 0.6) is 0 Å². The molecule has 1 fully saturated rings. The zero-order valence-electron chi connectivity index (χ0n) is 11.5. The summed E-state index contributed by atoms with van der Waals surface area (Å²) in [5, 5.41) is 3.50. The van der Waals surface area contributed by atoms with Crippen molar-refractivity contribution in [3.05, 3.63) is 35.8 Å². The lowest BCUT2D eigenvalue weighted by Gasteiger charge is -2.25. The highest BCUT2D eigenvalue weighted by atomic mass is 16.3. The monoisotopic (exact) mass is 248 g/mol. The van der Waals surface area contributed by atoms with E-state index in [1.54, 1.807) is 6.26 Å². The lowest BCUT2D eigenvalue weighted by Crippen LogP contribution is -2.34. The summed E-state index contributed by atoms with van der Waals surface area (Å²) in [6, 6.07) is 4.45. The Balaban J connectivity index is 1.90. The molecule has 0 aliphatic carbocycles. The third-order valence-corrected chi connectivity index (χ3v) is 3.45. The van der Waals surface area contributed by atoms with Crippen LogP contribution in [0.3, 0.4) is 0 Å². The van der Waals surface area contributed by atoms with Crippen LogP contribution in [-0.4, -0.2) is 31.1 Å². The van der Waals surface area contributed by atoms with Gasteiger partial charge in [0.05, 0.1) is 12.3 Å². The summed E-state index contributed by atoms with van der Waals surface area (Å²) in [6.07, 6.45) is 6.62. The predicted octanol–water partition coefficient (Wildman–Crippen LogP) is 2.97. The van der Waals surface area contributed by atoms with Crippen LogP contribution in [0.2, 0.25) is 0 Å². The lowest BCUT2D eigenvalue weighted by atomic mass is 10.2. The molecule has 1 atom stereocenters. The van der Waals surface area contributed by atoms with Gasteiger partial charge < -0.3 is 9.73 Å². The highest BCUT2D eigenvalue weighted by Crippen LogP contribution is 2.24. The van der Waals surface area contributed by atoms with Crippen molar-refractivity contribution in [1.82, 2.24) is 10.2 Å². The average molecular weight is 248 g/mol. The van der Waals surface area contributed by atoms with Crippen molar-refractivity contribution in [3.8, 4) is 0 Å². The first-order valence-electron chi connectivity index (χ1n) is 6.89. The van der Waals surface area contributed by atoms with Crippen LogP contribution in [0.4, 0.5) is 0 Å². The Bertz CT molecular complexity index is 360. The van der Waals surface area contributed by atoms with Gasteiger partial charge in [-0.3, -0.25) is 4.90 Å². The van der Waals surface area contributed by atoms with E-state index < -0.39 is 0 Å². The molecule has 1 N–H and O–H groups in total. The molecule has 1 aromatic rings. The topological polar surface area (TPSA) is 28.4 Å². The molecule has 0 bridgehead atoms. The molecule has 1 aromatic heterocycles. The zero-order chi connectivity index (χ0) is 12.8. The molecule has 2 heterocycles. The number of likely N-dealkylation sites (tertiary alicyclic amines) is 1. The van der Waals surface area contributed by atoms with Gasteiger partial charge in [-0.05, 0) is 51.9 Å². The molecular formula is C15H24N2O. The van der Waals surface area contributed by atoms with Crippen molar-refractivity contribution >= 4 is 0 Å². The largest absolute Gasteiger partial charge is 0.468 e. The molecule has 18 heavy (non-hydrogen) atoms. The van der Waals surface area contributed by atoms with E-state index in [1.807, 2.05) is 6.07 Å². The average Bonchev–Trinajstić information content (AvgIpc) is 3.01. The first-order valence-corrected chi connectivity index (χ1v) is 6.89. The Labute approximate surface area is 110 Å². The molecule has 3 nitrogen and oxygen atoms in total. The lowest BCUT2D eigenvalue weighted by molar-refractivity contribution is 0.211. The molecule has 1 aliphatic heterocycles. The van der Waals surface area contributed by atoms with E-state index in [0.29, 0.717) is 6.04 Å². The summed E-state index contributed by atoms with van der Waals surface area (Å²) >= 11 is 0. The highest BCUT2D eigenvalue weighted by Gasteiger charge is 2.24. The van der Waals surface area contributed by atoms with E-state index >= 15 is 0 Å². The van der Waals surface area contributed by atoms with Crippen LogP contribution in [0.25, 0.3) is 0 Å². The van der Waals surface area contributed by atoms with Gasteiger partial charge in [0.1, 0.15) is 5.76 Å². The van der Waals surface area contributed by atoms with Crippen LogP contribution < -0.4 is 5.32 Å². The summed E-state index contributed by atoms with van der Waals surface area (Å²) in [5.41, 5.74) is 1.36. The minimum absolute atomic E-state index is 0.382. The fourth-order valence-corrected chi connectivity index (χ4v) is 2.44. The number of nitrogens with zero attached hydrogens (tertiary/aromatic N) is 1. The second-order valence-electron chi connectivity index (χ2n) is 5.21. The molecule has 0 aromatic carbocycles. The normalized spacial score (nSPS) is 17.9. The number of allylic oxidation sites excluding steroid dienone is 1. The molecule has 1 unspecified atom stereocenters. The van der Waals surface area contributed by atoms with Crippen LogP contribution in [0.1, 0.15) is 38.5 Å². The maximum Gasteiger partial charge on any atom is 0.122 e. The molecule has 0 spiro atoms. The van der Waals surface area contributed by atoms with Crippen molar-refractivity contribution in [2.24, 2.45) is 0 Å². The van der Waals surface area contributed by atoms with Crippen molar-refractivity contribution in [2.45, 2.75) is 32.7 Å². The Kier molecular flexibility index (Phi) is 5.02. The molecule has 3 heteroatoms. The Hall–Kier alpha value is -1.06. The standard InChI is InChI=1S/C15H24N2O/c1-13(2)7-8-16-12-14(15-6-5-11-18-15)17-9-3-4-10-17/h5-7,11,14,16H,3-4,8-10,12H2,1-2H3. The van der Waals surface area contributed by atoms with Gasteiger partial charge >= 0.3 is 0 Å². The maximum atomic E-state index is 5.59. The second kappa shape index (κ2) is 6.76. The van der Waals surface area contributed by atoms with E-state index in [9.17, 15) is 0 Å². The Morgan fingerprint density at radius 1 is 1.44 bits per heavy atom. The van der Waals surface area contributed by atoms with Crippen molar-refractivity contribution in [1.29, 1.82) is 0 Å². The fourth-order valence-electron chi connectivity index (χ4n) is 2.44. The maximum absolute atomic E-state index is 5.59. The molecule has 1 aliphatic rings. The van der Waals surface area contributed by atoms with Gasteiger partial charge in [0.25, 0.3) is 0 Å². The number of hydrogen-bond donors (Lipinski definition) is 1. The molecule has 0 amide bonds. The summed E-state index contributed by atoms with van der Waals surface area (Å²) in [4.78, 5) is 2.52. The van der Waals surface area contributed by atoms with Crippen LogP contribution >= 0.6 is 0 Å². The third kappa shape index (κ3) is 3.72. The van der Waals surface area contributed by atoms with Crippen molar-refractivity contribution in [3.63, 3.8) is 0 Å². The molecule has 1 saturated heterocycles. The number of hydrogen-bond acceptors (Lipinski definition) is 3. The van der Waals surface area contributed by atoms with Crippen LogP contribution in [-0.2, 0) is 0 Å². The SMILES string of the molecule is CC(C)=CCNCC(c1ccco1)N1CCCC1. The highest BCUT2D eigenvalue weighted by molar-refractivity contribution is 5.06. The summed E-state index contributed by atoms with van der Waals surface area (Å²) < 4.78 is 5.59.